The van der Waals surface area contributed by atoms with Crippen LogP contribution in [0.2, 0.25) is 0 Å². The molecule has 1 atom stereocenters. The number of thiazole rings is 1. The first-order valence-electron chi connectivity index (χ1n) is 9.02. The van der Waals surface area contributed by atoms with E-state index in [0.717, 1.165) is 11.3 Å². The molecular weight excluding hydrogens is 410 g/mol. The van der Waals surface area contributed by atoms with Gasteiger partial charge >= 0.3 is 0 Å². The minimum Gasteiger partial charge on any atom is -0.493 e. The van der Waals surface area contributed by atoms with Gasteiger partial charge in [-0.2, -0.15) is 0 Å². The summed E-state index contributed by atoms with van der Waals surface area (Å²) < 4.78 is 12.7. The van der Waals surface area contributed by atoms with Crippen LogP contribution in [0, 0.1) is 6.92 Å². The maximum absolute atomic E-state index is 12.5. The first-order valence-corrected chi connectivity index (χ1v) is 10.8. The molecule has 0 fully saturated rings. The van der Waals surface area contributed by atoms with Crippen LogP contribution in [0.15, 0.2) is 28.7 Å². The van der Waals surface area contributed by atoms with Gasteiger partial charge in [0.2, 0.25) is 5.91 Å². The standard InChI is InChI=1S/C19H23N5O3S2/c1-6-24-16(13-7-8-14(26-4)15(9-13)27-5)22-23-19(24)29-12(3)17(25)21-18-20-11(2)10-28-18/h7-10,12H,6H2,1-5H3,(H,20,21,25). The predicted octanol–water partition coefficient (Wildman–Crippen LogP) is 3.87. The molecule has 10 heteroatoms. The summed E-state index contributed by atoms with van der Waals surface area (Å²) in [4.78, 5) is 16.8. The van der Waals surface area contributed by atoms with Crippen molar-refractivity contribution in [2.75, 3.05) is 19.5 Å². The number of nitrogens with zero attached hydrogens (tertiary/aromatic N) is 4. The van der Waals surface area contributed by atoms with Gasteiger partial charge in [0.25, 0.3) is 0 Å². The summed E-state index contributed by atoms with van der Waals surface area (Å²) in [6.45, 7) is 6.41. The Morgan fingerprint density at radius 3 is 2.66 bits per heavy atom. The average molecular weight is 434 g/mol. The number of hydrogen-bond acceptors (Lipinski definition) is 8. The Bertz CT molecular complexity index is 1000. The molecule has 0 saturated carbocycles. The van der Waals surface area contributed by atoms with Gasteiger partial charge in [-0.05, 0) is 39.0 Å². The van der Waals surface area contributed by atoms with Crippen LogP contribution in [-0.2, 0) is 11.3 Å². The Morgan fingerprint density at radius 2 is 2.03 bits per heavy atom. The van der Waals surface area contributed by atoms with E-state index in [9.17, 15) is 4.79 Å². The van der Waals surface area contributed by atoms with Crippen LogP contribution in [0.25, 0.3) is 11.4 Å². The summed E-state index contributed by atoms with van der Waals surface area (Å²) in [5, 5.41) is 14.3. The van der Waals surface area contributed by atoms with E-state index in [-0.39, 0.29) is 11.2 Å². The molecule has 0 aliphatic rings. The van der Waals surface area contributed by atoms with E-state index in [2.05, 4.69) is 20.5 Å². The lowest BCUT2D eigenvalue weighted by atomic mass is 10.2. The summed E-state index contributed by atoms with van der Waals surface area (Å²) >= 11 is 2.77. The molecule has 0 radical (unpaired) electrons. The average Bonchev–Trinajstić information content (AvgIpc) is 3.32. The zero-order valence-electron chi connectivity index (χ0n) is 16.9. The zero-order valence-corrected chi connectivity index (χ0v) is 18.6. The van der Waals surface area contributed by atoms with Crippen LogP contribution >= 0.6 is 23.1 Å². The second kappa shape index (κ2) is 9.27. The third-order valence-electron chi connectivity index (χ3n) is 4.18. The molecule has 0 aliphatic carbocycles. The van der Waals surface area contributed by atoms with Gasteiger partial charge in [0.1, 0.15) is 0 Å². The quantitative estimate of drug-likeness (QED) is 0.539. The second-order valence-electron chi connectivity index (χ2n) is 6.16. The molecule has 0 bridgehead atoms. The number of nitrogens with one attached hydrogen (secondary N) is 1. The van der Waals surface area contributed by atoms with Crippen LogP contribution in [0.3, 0.4) is 0 Å². The molecule has 0 spiro atoms. The SMILES string of the molecule is CCn1c(SC(C)C(=O)Nc2nc(C)cs2)nnc1-c1ccc(OC)c(OC)c1. The van der Waals surface area contributed by atoms with Crippen molar-refractivity contribution in [1.29, 1.82) is 0 Å². The molecule has 3 rings (SSSR count). The number of rotatable bonds is 8. The molecule has 0 saturated heterocycles. The van der Waals surface area contributed by atoms with Gasteiger partial charge in [0.05, 0.1) is 25.2 Å². The topological polar surface area (TPSA) is 91.2 Å². The lowest BCUT2D eigenvalue weighted by Gasteiger charge is -2.12. The van der Waals surface area contributed by atoms with E-state index < -0.39 is 0 Å². The molecule has 1 amide bonds. The van der Waals surface area contributed by atoms with Crippen molar-refractivity contribution in [1.82, 2.24) is 19.7 Å². The van der Waals surface area contributed by atoms with Crippen LogP contribution in [0.4, 0.5) is 5.13 Å². The highest BCUT2D eigenvalue weighted by Crippen LogP contribution is 2.33. The van der Waals surface area contributed by atoms with Crippen molar-refractivity contribution in [3.63, 3.8) is 0 Å². The number of benzene rings is 1. The molecule has 0 aliphatic heterocycles. The van der Waals surface area contributed by atoms with Crippen molar-refractivity contribution in [2.24, 2.45) is 0 Å². The third kappa shape index (κ3) is 4.70. The van der Waals surface area contributed by atoms with E-state index >= 15 is 0 Å². The smallest absolute Gasteiger partial charge is 0.239 e. The monoisotopic (exact) mass is 433 g/mol. The molecule has 2 aromatic heterocycles. The molecule has 1 N–H and O–H groups in total. The summed E-state index contributed by atoms with van der Waals surface area (Å²) in [7, 11) is 3.19. The highest BCUT2D eigenvalue weighted by molar-refractivity contribution is 8.00. The van der Waals surface area contributed by atoms with Crippen LogP contribution < -0.4 is 14.8 Å². The van der Waals surface area contributed by atoms with Crippen molar-refractivity contribution in [3.05, 3.63) is 29.3 Å². The van der Waals surface area contributed by atoms with E-state index in [1.165, 1.54) is 23.1 Å². The molecule has 29 heavy (non-hydrogen) atoms. The lowest BCUT2D eigenvalue weighted by Crippen LogP contribution is -2.22. The van der Waals surface area contributed by atoms with E-state index in [1.54, 1.807) is 14.2 Å². The molecule has 3 aromatic rings. The first kappa shape index (κ1) is 21.1. The van der Waals surface area contributed by atoms with Gasteiger partial charge in [0.15, 0.2) is 27.6 Å². The van der Waals surface area contributed by atoms with Crippen molar-refractivity contribution >= 4 is 34.1 Å². The van der Waals surface area contributed by atoms with Crippen LogP contribution in [-0.4, -0.2) is 45.1 Å². The van der Waals surface area contributed by atoms with Crippen molar-refractivity contribution < 1.29 is 14.3 Å². The van der Waals surface area contributed by atoms with E-state index in [4.69, 9.17) is 9.47 Å². The summed E-state index contributed by atoms with van der Waals surface area (Å²) in [6.07, 6.45) is 0. The van der Waals surface area contributed by atoms with Gasteiger partial charge in [0, 0.05) is 17.5 Å². The summed E-state index contributed by atoms with van der Waals surface area (Å²) in [6, 6.07) is 5.61. The predicted molar refractivity (Wildman–Crippen MR) is 115 cm³/mol. The molecule has 1 aromatic carbocycles. The second-order valence-corrected chi connectivity index (χ2v) is 8.33. The molecular formula is C19H23N5O3S2. The normalized spacial score (nSPS) is 11.9. The van der Waals surface area contributed by atoms with Crippen LogP contribution in [0.1, 0.15) is 19.5 Å². The number of carbonyl (C=O) groups is 1. The number of hydrogen-bond donors (Lipinski definition) is 1. The lowest BCUT2D eigenvalue weighted by molar-refractivity contribution is -0.115. The Balaban J connectivity index is 1.79. The maximum atomic E-state index is 12.5. The Morgan fingerprint density at radius 1 is 1.28 bits per heavy atom. The van der Waals surface area contributed by atoms with E-state index in [1.807, 2.05) is 48.9 Å². The zero-order chi connectivity index (χ0) is 21.0. The van der Waals surface area contributed by atoms with E-state index in [0.29, 0.717) is 34.2 Å². The van der Waals surface area contributed by atoms with Crippen LogP contribution in [0.5, 0.6) is 11.5 Å². The molecule has 2 heterocycles. The number of ether oxygens (including phenoxy) is 2. The van der Waals surface area contributed by atoms with Gasteiger partial charge in [-0.3, -0.25) is 4.79 Å². The first-order chi connectivity index (χ1) is 14.0. The number of methoxy groups -OCH3 is 2. The number of carbonyl (C=O) groups excluding carboxylic acids is 1. The number of anilines is 1. The van der Waals surface area contributed by atoms with Gasteiger partial charge < -0.3 is 19.4 Å². The van der Waals surface area contributed by atoms with Crippen molar-refractivity contribution in [3.8, 4) is 22.9 Å². The van der Waals surface area contributed by atoms with Gasteiger partial charge in [-0.1, -0.05) is 11.8 Å². The number of aryl methyl sites for hydroxylation is 1. The van der Waals surface area contributed by atoms with Gasteiger partial charge in [-0.25, -0.2) is 4.98 Å². The summed E-state index contributed by atoms with van der Waals surface area (Å²) in [5.41, 5.74) is 1.75. The maximum Gasteiger partial charge on any atom is 0.239 e. The fourth-order valence-corrected chi connectivity index (χ4v) is 4.28. The fraction of sp³-hybridized carbons (Fsp3) is 0.368. The Hall–Kier alpha value is -2.59. The number of thioether (sulfide) groups is 1. The molecule has 8 nitrogen and oxygen atoms in total. The highest BCUT2D eigenvalue weighted by atomic mass is 32.2. The Kier molecular flexibility index (Phi) is 6.75. The van der Waals surface area contributed by atoms with Gasteiger partial charge in [-0.15, -0.1) is 21.5 Å². The molecule has 154 valence electrons. The minimum atomic E-state index is -0.355. The minimum absolute atomic E-state index is 0.123. The molecule has 1 unspecified atom stereocenters. The summed E-state index contributed by atoms with van der Waals surface area (Å²) in [5.74, 6) is 1.86. The van der Waals surface area contributed by atoms with Crippen molar-refractivity contribution in [2.45, 2.75) is 37.7 Å². The largest absolute Gasteiger partial charge is 0.493 e. The fourth-order valence-electron chi connectivity index (χ4n) is 2.68. The highest BCUT2D eigenvalue weighted by Gasteiger charge is 2.21. The Labute approximate surface area is 177 Å². The third-order valence-corrected chi connectivity index (χ3v) is 6.13. The number of aromatic nitrogens is 4. The number of amides is 1.